The Bertz CT molecular complexity index is 474. The molecule has 1 aromatic rings. The number of carbonyl (C=O) groups excluding carboxylic acids is 1. The molecule has 0 aliphatic carbocycles. The maximum Gasteiger partial charge on any atom is 0.306 e. The van der Waals surface area contributed by atoms with Gasteiger partial charge in [-0.2, -0.15) is 11.8 Å². The number of hydrogen-bond donors (Lipinski definition) is 0. The molecule has 1 aliphatic heterocycles. The third-order valence-electron chi connectivity index (χ3n) is 3.54. The van der Waals surface area contributed by atoms with Gasteiger partial charge in [-0.3, -0.25) is 4.79 Å². The van der Waals surface area contributed by atoms with E-state index in [4.69, 9.17) is 4.74 Å². The summed E-state index contributed by atoms with van der Waals surface area (Å²) in [5.74, 6) is 1.00. The van der Waals surface area contributed by atoms with Crippen molar-refractivity contribution in [2.45, 2.75) is 44.8 Å². The van der Waals surface area contributed by atoms with Crippen molar-refractivity contribution in [3.8, 4) is 0 Å². The number of nitrogens with zero attached hydrogens (tertiary/aromatic N) is 2. The zero-order valence-electron chi connectivity index (χ0n) is 13.1. The van der Waals surface area contributed by atoms with Crippen LogP contribution in [-0.4, -0.2) is 41.1 Å². The molecule has 21 heavy (non-hydrogen) atoms. The van der Waals surface area contributed by atoms with Gasteiger partial charge in [-0.1, -0.05) is 13.8 Å². The van der Waals surface area contributed by atoms with Crippen LogP contribution in [0.3, 0.4) is 0 Å². The second-order valence-corrected chi connectivity index (χ2v) is 8.41. The Morgan fingerprint density at radius 2 is 2.29 bits per heavy atom. The fourth-order valence-corrected chi connectivity index (χ4v) is 4.24. The van der Waals surface area contributed by atoms with Gasteiger partial charge in [0.1, 0.15) is 0 Å². The van der Waals surface area contributed by atoms with Crippen molar-refractivity contribution in [3.63, 3.8) is 0 Å². The van der Waals surface area contributed by atoms with Crippen LogP contribution in [0.2, 0.25) is 0 Å². The number of ether oxygens (including phenoxy) is 1. The average molecular weight is 329 g/mol. The summed E-state index contributed by atoms with van der Waals surface area (Å²) in [5.41, 5.74) is 0.999. The molecule has 2 heterocycles. The van der Waals surface area contributed by atoms with Crippen LogP contribution in [0, 0.1) is 0 Å². The van der Waals surface area contributed by atoms with Crippen molar-refractivity contribution in [2.24, 2.45) is 0 Å². The van der Waals surface area contributed by atoms with E-state index in [0.717, 1.165) is 29.7 Å². The van der Waals surface area contributed by atoms with E-state index in [1.807, 2.05) is 18.7 Å². The SMILES string of the molecule is CCOC(=O)CCc1csc(N2CCSC(C)(C)CC2)n1. The Balaban J connectivity index is 1.89. The van der Waals surface area contributed by atoms with Crippen LogP contribution in [0.1, 0.15) is 39.3 Å². The predicted molar refractivity (Wildman–Crippen MR) is 90.4 cm³/mol. The van der Waals surface area contributed by atoms with Gasteiger partial charge in [-0.05, 0) is 13.3 Å². The molecule has 0 aromatic carbocycles. The molecule has 0 atom stereocenters. The lowest BCUT2D eigenvalue weighted by molar-refractivity contribution is -0.143. The number of aromatic nitrogens is 1. The molecular formula is C15H24N2O2S2. The summed E-state index contributed by atoms with van der Waals surface area (Å²) in [4.78, 5) is 18.4. The van der Waals surface area contributed by atoms with Gasteiger partial charge in [0.25, 0.3) is 0 Å². The van der Waals surface area contributed by atoms with Crippen molar-refractivity contribution in [2.75, 3.05) is 30.3 Å². The maximum atomic E-state index is 11.4. The highest BCUT2D eigenvalue weighted by Gasteiger charge is 2.24. The molecule has 0 radical (unpaired) electrons. The Labute approximate surface area is 135 Å². The zero-order chi connectivity index (χ0) is 15.3. The molecule has 1 aliphatic rings. The van der Waals surface area contributed by atoms with Crippen LogP contribution in [0.15, 0.2) is 5.38 Å². The molecule has 1 fully saturated rings. The van der Waals surface area contributed by atoms with Crippen LogP contribution in [0.4, 0.5) is 5.13 Å². The first kappa shape index (κ1) is 16.6. The number of aryl methyl sites for hydroxylation is 1. The summed E-state index contributed by atoms with van der Waals surface area (Å²) in [6.07, 6.45) is 2.26. The van der Waals surface area contributed by atoms with E-state index in [1.165, 1.54) is 6.42 Å². The van der Waals surface area contributed by atoms with E-state index in [2.05, 4.69) is 29.1 Å². The van der Waals surface area contributed by atoms with E-state index < -0.39 is 0 Å². The van der Waals surface area contributed by atoms with Gasteiger partial charge < -0.3 is 9.64 Å². The van der Waals surface area contributed by atoms with E-state index in [1.54, 1.807) is 11.3 Å². The van der Waals surface area contributed by atoms with Crippen molar-refractivity contribution in [1.29, 1.82) is 0 Å². The molecule has 1 aromatic heterocycles. The van der Waals surface area contributed by atoms with E-state index in [-0.39, 0.29) is 5.97 Å². The number of anilines is 1. The van der Waals surface area contributed by atoms with Gasteiger partial charge in [0, 0.05) is 35.4 Å². The summed E-state index contributed by atoms with van der Waals surface area (Å²) in [6.45, 7) is 9.02. The molecule has 0 spiro atoms. The fraction of sp³-hybridized carbons (Fsp3) is 0.733. The van der Waals surface area contributed by atoms with Gasteiger partial charge in [0.2, 0.25) is 0 Å². The number of hydrogen-bond acceptors (Lipinski definition) is 6. The van der Waals surface area contributed by atoms with Crippen LogP contribution >= 0.6 is 23.1 Å². The minimum atomic E-state index is -0.139. The highest BCUT2D eigenvalue weighted by molar-refractivity contribution is 8.00. The molecule has 0 bridgehead atoms. The van der Waals surface area contributed by atoms with Crippen molar-refractivity contribution < 1.29 is 9.53 Å². The van der Waals surface area contributed by atoms with Crippen LogP contribution in [-0.2, 0) is 16.0 Å². The zero-order valence-corrected chi connectivity index (χ0v) is 14.7. The van der Waals surface area contributed by atoms with Crippen LogP contribution in [0.25, 0.3) is 0 Å². The maximum absolute atomic E-state index is 11.4. The molecule has 118 valence electrons. The van der Waals surface area contributed by atoms with Crippen molar-refractivity contribution in [3.05, 3.63) is 11.1 Å². The van der Waals surface area contributed by atoms with Crippen LogP contribution < -0.4 is 4.90 Å². The highest BCUT2D eigenvalue weighted by atomic mass is 32.2. The lowest BCUT2D eigenvalue weighted by Crippen LogP contribution is -2.26. The van der Waals surface area contributed by atoms with E-state index >= 15 is 0 Å². The highest BCUT2D eigenvalue weighted by Crippen LogP contribution is 2.33. The summed E-state index contributed by atoms with van der Waals surface area (Å²) in [7, 11) is 0. The van der Waals surface area contributed by atoms with Gasteiger partial charge >= 0.3 is 5.97 Å². The Morgan fingerprint density at radius 1 is 1.48 bits per heavy atom. The number of rotatable bonds is 5. The molecule has 1 saturated heterocycles. The Morgan fingerprint density at radius 3 is 3.05 bits per heavy atom. The summed E-state index contributed by atoms with van der Waals surface area (Å²) < 4.78 is 5.31. The smallest absolute Gasteiger partial charge is 0.306 e. The molecule has 6 heteroatoms. The molecule has 0 amide bonds. The lowest BCUT2D eigenvalue weighted by atomic mass is 10.1. The molecule has 0 N–H and O–H groups in total. The molecule has 0 saturated carbocycles. The minimum Gasteiger partial charge on any atom is -0.466 e. The number of thiazole rings is 1. The van der Waals surface area contributed by atoms with Gasteiger partial charge in [0.05, 0.1) is 18.7 Å². The minimum absolute atomic E-state index is 0.139. The van der Waals surface area contributed by atoms with Gasteiger partial charge in [0.15, 0.2) is 5.13 Å². The topological polar surface area (TPSA) is 42.4 Å². The number of esters is 1. The van der Waals surface area contributed by atoms with Crippen LogP contribution in [0.5, 0.6) is 0 Å². The second-order valence-electron chi connectivity index (χ2n) is 5.77. The van der Waals surface area contributed by atoms with Crippen molar-refractivity contribution in [1.82, 2.24) is 4.98 Å². The Kier molecular flexibility index (Phi) is 5.93. The molecule has 4 nitrogen and oxygen atoms in total. The van der Waals surface area contributed by atoms with E-state index in [9.17, 15) is 4.79 Å². The first-order chi connectivity index (χ1) is 10.00. The quantitative estimate of drug-likeness (QED) is 0.775. The Hall–Kier alpha value is -0.750. The largest absolute Gasteiger partial charge is 0.466 e. The van der Waals surface area contributed by atoms with Crippen molar-refractivity contribution >= 4 is 34.2 Å². The number of thioether (sulfide) groups is 1. The molecule has 2 rings (SSSR count). The van der Waals surface area contributed by atoms with E-state index in [0.29, 0.717) is 24.2 Å². The predicted octanol–water partition coefficient (Wildman–Crippen LogP) is 3.36. The fourth-order valence-electron chi connectivity index (χ4n) is 2.23. The number of carbonyl (C=O) groups is 1. The third-order valence-corrected chi connectivity index (χ3v) is 5.86. The standard InChI is InChI=1S/C15H24N2O2S2/c1-4-19-13(18)6-5-12-11-20-14(16-12)17-8-7-15(2,3)21-10-9-17/h11H,4-10H2,1-3H3. The second kappa shape index (κ2) is 7.49. The normalized spacial score (nSPS) is 18.3. The first-order valence-electron chi connectivity index (χ1n) is 7.49. The average Bonchev–Trinajstić information content (AvgIpc) is 2.82. The summed E-state index contributed by atoms with van der Waals surface area (Å²) in [6, 6.07) is 0. The van der Waals surface area contributed by atoms with Gasteiger partial charge in [-0.15, -0.1) is 11.3 Å². The monoisotopic (exact) mass is 328 g/mol. The third kappa shape index (κ3) is 5.18. The summed E-state index contributed by atoms with van der Waals surface area (Å²) in [5, 5.41) is 3.16. The van der Waals surface area contributed by atoms with Gasteiger partial charge in [-0.25, -0.2) is 4.98 Å². The first-order valence-corrected chi connectivity index (χ1v) is 9.35. The molecular weight excluding hydrogens is 304 g/mol. The lowest BCUT2D eigenvalue weighted by Gasteiger charge is -2.22. The molecule has 0 unspecified atom stereocenters. The summed E-state index contributed by atoms with van der Waals surface area (Å²) >= 11 is 3.72.